The van der Waals surface area contributed by atoms with Crippen molar-refractivity contribution in [3.63, 3.8) is 0 Å². The maximum absolute atomic E-state index is 13.2. The van der Waals surface area contributed by atoms with Crippen molar-refractivity contribution in [1.82, 2.24) is 15.1 Å². The normalized spacial score (nSPS) is 21.4. The van der Waals surface area contributed by atoms with Crippen LogP contribution >= 0.6 is 11.8 Å². The first-order valence-electron chi connectivity index (χ1n) is 12.1. The summed E-state index contributed by atoms with van der Waals surface area (Å²) in [7, 11) is 0. The fourth-order valence-electron chi connectivity index (χ4n) is 4.79. The van der Waals surface area contributed by atoms with Gasteiger partial charge in [0.1, 0.15) is 12.4 Å². The van der Waals surface area contributed by atoms with Gasteiger partial charge in [0.15, 0.2) is 0 Å². The number of carbonyl (C=O) groups is 3. The number of nitrogens with zero attached hydrogens (tertiary/aromatic N) is 3. The highest BCUT2D eigenvalue weighted by Crippen LogP contribution is 2.35. The van der Waals surface area contributed by atoms with Crippen molar-refractivity contribution in [3.8, 4) is 0 Å². The Labute approximate surface area is 208 Å². The first kappa shape index (κ1) is 23.9. The predicted octanol–water partition coefficient (Wildman–Crippen LogP) is 2.53. The van der Waals surface area contributed by atoms with Crippen LogP contribution in [0.1, 0.15) is 41.6 Å². The zero-order valence-electron chi connectivity index (χ0n) is 20.1. The monoisotopic (exact) mass is 497 g/mol. The smallest absolute Gasteiger partial charge is 0.241 e. The first-order valence-corrected chi connectivity index (χ1v) is 13.3. The van der Waals surface area contributed by atoms with E-state index < -0.39 is 5.92 Å². The highest BCUT2D eigenvalue weighted by atomic mass is 32.2. The van der Waals surface area contributed by atoms with E-state index in [4.69, 9.17) is 4.74 Å². The van der Waals surface area contributed by atoms with Crippen molar-refractivity contribution in [2.24, 2.45) is 5.92 Å². The molecule has 1 aromatic heterocycles. The molecular formula is C25H31N5O4S. The standard InChI is InChI=1S/C25H31N5O4S/c1-15-5-6-18(8-16(15)2)29-11-17(9-23(29)32)25(33)27-24-20-13-35-14-21(20)28-30(24)12-22(31)26-10-19-4-3-7-34-19/h5-6,8,17,19H,3-4,7,9-14H2,1-2H3,(H,26,31)(H,27,33). The number of hydrogen-bond donors (Lipinski definition) is 2. The van der Waals surface area contributed by atoms with Gasteiger partial charge in [0.25, 0.3) is 0 Å². The zero-order valence-corrected chi connectivity index (χ0v) is 21.0. The largest absolute Gasteiger partial charge is 0.376 e. The van der Waals surface area contributed by atoms with Crippen molar-refractivity contribution in [3.05, 3.63) is 40.6 Å². The number of fused-ring (bicyclic) bond motifs is 1. The molecule has 3 aliphatic rings. The van der Waals surface area contributed by atoms with E-state index in [1.54, 1.807) is 21.3 Å². The van der Waals surface area contributed by atoms with Crippen LogP contribution < -0.4 is 15.5 Å². The minimum Gasteiger partial charge on any atom is -0.376 e. The van der Waals surface area contributed by atoms with Gasteiger partial charge in [-0.2, -0.15) is 16.9 Å². The lowest BCUT2D eigenvalue weighted by Crippen LogP contribution is -2.35. The molecule has 3 amide bonds. The van der Waals surface area contributed by atoms with Crippen molar-refractivity contribution >= 4 is 41.0 Å². The summed E-state index contributed by atoms with van der Waals surface area (Å²) in [4.78, 5) is 40.2. The molecule has 9 nitrogen and oxygen atoms in total. The van der Waals surface area contributed by atoms with Gasteiger partial charge < -0.3 is 20.3 Å². The van der Waals surface area contributed by atoms with Crippen LogP contribution in [0.5, 0.6) is 0 Å². The van der Waals surface area contributed by atoms with Crippen LogP contribution in [-0.4, -0.2) is 53.3 Å². The van der Waals surface area contributed by atoms with Crippen LogP contribution in [0.25, 0.3) is 0 Å². The molecule has 2 N–H and O–H groups in total. The molecule has 2 saturated heterocycles. The Kier molecular flexibility index (Phi) is 6.84. The van der Waals surface area contributed by atoms with Gasteiger partial charge in [-0.25, -0.2) is 4.68 Å². The molecule has 1 aromatic carbocycles. The maximum atomic E-state index is 13.2. The van der Waals surface area contributed by atoms with Crippen molar-refractivity contribution in [1.29, 1.82) is 0 Å². The lowest BCUT2D eigenvalue weighted by molar-refractivity contribution is -0.123. The van der Waals surface area contributed by atoms with E-state index in [2.05, 4.69) is 15.7 Å². The number of rotatable bonds is 7. The molecule has 5 rings (SSSR count). The molecular weight excluding hydrogens is 466 g/mol. The maximum Gasteiger partial charge on any atom is 0.241 e. The second-order valence-electron chi connectivity index (χ2n) is 9.53. The Morgan fingerprint density at radius 3 is 2.86 bits per heavy atom. The van der Waals surface area contributed by atoms with Crippen LogP contribution in [0.4, 0.5) is 11.5 Å². The third-order valence-electron chi connectivity index (χ3n) is 7.00. The molecule has 2 unspecified atom stereocenters. The van der Waals surface area contributed by atoms with Crippen molar-refractivity contribution < 1.29 is 19.1 Å². The minimum atomic E-state index is -0.467. The molecule has 0 spiro atoms. The third kappa shape index (κ3) is 5.08. The lowest BCUT2D eigenvalue weighted by atomic mass is 10.1. The molecule has 35 heavy (non-hydrogen) atoms. The van der Waals surface area contributed by atoms with Gasteiger partial charge >= 0.3 is 0 Å². The lowest BCUT2D eigenvalue weighted by Gasteiger charge is -2.18. The molecule has 186 valence electrons. The molecule has 0 bridgehead atoms. The van der Waals surface area contributed by atoms with Gasteiger partial charge in [-0.3, -0.25) is 14.4 Å². The van der Waals surface area contributed by atoms with E-state index in [1.807, 2.05) is 32.0 Å². The third-order valence-corrected chi connectivity index (χ3v) is 7.97. The van der Waals surface area contributed by atoms with E-state index in [1.165, 1.54) is 0 Å². The number of aromatic nitrogens is 2. The van der Waals surface area contributed by atoms with E-state index in [0.29, 0.717) is 18.9 Å². The summed E-state index contributed by atoms with van der Waals surface area (Å²) >= 11 is 1.73. The number of aryl methyl sites for hydroxylation is 2. The average Bonchev–Trinajstić information content (AvgIpc) is 3.61. The number of hydrogen-bond acceptors (Lipinski definition) is 6. The molecule has 3 aliphatic heterocycles. The number of amides is 3. The summed E-state index contributed by atoms with van der Waals surface area (Å²) in [6, 6.07) is 5.91. The van der Waals surface area contributed by atoms with Gasteiger partial charge in [-0.05, 0) is 49.9 Å². The van der Waals surface area contributed by atoms with Crippen molar-refractivity contribution in [2.75, 3.05) is 29.9 Å². The van der Waals surface area contributed by atoms with Crippen LogP contribution in [0.15, 0.2) is 18.2 Å². The summed E-state index contributed by atoms with van der Waals surface area (Å²) in [5.74, 6) is 1.15. The topological polar surface area (TPSA) is 106 Å². The SMILES string of the molecule is Cc1ccc(N2CC(C(=O)Nc3c4c(nn3CC(=O)NCC3CCCO3)CSC4)CC2=O)cc1C. The number of carbonyl (C=O) groups excluding carboxylic acids is 3. The highest BCUT2D eigenvalue weighted by molar-refractivity contribution is 7.98. The van der Waals surface area contributed by atoms with Crippen molar-refractivity contribution in [2.45, 2.75) is 57.3 Å². The molecule has 2 atom stereocenters. The number of benzene rings is 1. The summed E-state index contributed by atoms with van der Waals surface area (Å²) in [6.07, 6.45) is 2.20. The average molecular weight is 498 g/mol. The molecule has 0 saturated carbocycles. The number of ether oxygens (including phenoxy) is 1. The Hall–Kier alpha value is -2.85. The van der Waals surface area contributed by atoms with Crippen LogP contribution in [0, 0.1) is 19.8 Å². The number of thioether (sulfide) groups is 1. The van der Waals surface area contributed by atoms with Gasteiger partial charge in [0, 0.05) is 48.9 Å². The van der Waals surface area contributed by atoms with Crippen LogP contribution in [0.2, 0.25) is 0 Å². The summed E-state index contributed by atoms with van der Waals surface area (Å²) in [6.45, 7) is 5.63. The number of anilines is 2. The predicted molar refractivity (Wildman–Crippen MR) is 134 cm³/mol. The highest BCUT2D eigenvalue weighted by Gasteiger charge is 2.36. The Morgan fingerprint density at radius 2 is 2.09 bits per heavy atom. The molecule has 0 aliphatic carbocycles. The van der Waals surface area contributed by atoms with Crippen LogP contribution in [-0.2, 0) is 37.2 Å². The molecule has 10 heteroatoms. The van der Waals surface area contributed by atoms with Gasteiger partial charge in [0.2, 0.25) is 17.7 Å². The fraction of sp³-hybridized carbons (Fsp3) is 0.520. The second kappa shape index (κ2) is 10.0. The fourth-order valence-corrected chi connectivity index (χ4v) is 5.83. The summed E-state index contributed by atoms with van der Waals surface area (Å²) in [5.41, 5.74) is 4.95. The van der Waals surface area contributed by atoms with E-state index in [0.717, 1.165) is 59.0 Å². The summed E-state index contributed by atoms with van der Waals surface area (Å²) < 4.78 is 7.16. The molecule has 0 radical (unpaired) electrons. The Morgan fingerprint density at radius 1 is 1.23 bits per heavy atom. The van der Waals surface area contributed by atoms with Crippen LogP contribution in [0.3, 0.4) is 0 Å². The van der Waals surface area contributed by atoms with Gasteiger partial charge in [-0.15, -0.1) is 0 Å². The van der Waals surface area contributed by atoms with E-state index in [9.17, 15) is 14.4 Å². The van der Waals surface area contributed by atoms with Gasteiger partial charge in [0.05, 0.1) is 17.7 Å². The second-order valence-corrected chi connectivity index (χ2v) is 10.5. The molecule has 4 heterocycles. The quantitative estimate of drug-likeness (QED) is 0.609. The Balaban J connectivity index is 1.26. The van der Waals surface area contributed by atoms with Gasteiger partial charge in [-0.1, -0.05) is 6.07 Å². The van der Waals surface area contributed by atoms with E-state index in [-0.39, 0.29) is 36.8 Å². The molecule has 2 fully saturated rings. The zero-order chi connectivity index (χ0) is 24.5. The Bertz CT molecular complexity index is 1160. The van der Waals surface area contributed by atoms with E-state index >= 15 is 0 Å². The summed E-state index contributed by atoms with van der Waals surface area (Å²) in [5, 5.41) is 10.5. The number of nitrogens with one attached hydrogen (secondary N) is 2. The minimum absolute atomic E-state index is 0.0262. The molecule has 2 aromatic rings. The first-order chi connectivity index (χ1) is 16.9.